The first-order valence-electron chi connectivity index (χ1n) is 8.73. The summed E-state index contributed by atoms with van der Waals surface area (Å²) in [5.74, 6) is -1.33. The molecule has 8 nitrogen and oxygen atoms in total. The molecule has 0 spiro atoms. The number of hydrogen-bond acceptors (Lipinski definition) is 5. The molecule has 0 bridgehead atoms. The number of aromatic nitrogens is 3. The van der Waals surface area contributed by atoms with Crippen molar-refractivity contribution in [1.82, 2.24) is 14.8 Å². The van der Waals surface area contributed by atoms with Gasteiger partial charge in [0.2, 0.25) is 5.96 Å². The topological polar surface area (TPSA) is 133 Å². The lowest BCUT2D eigenvalue weighted by Crippen LogP contribution is -2.24. The Morgan fingerprint density at radius 3 is 2.83 bits per heavy atom. The first-order valence-corrected chi connectivity index (χ1v) is 8.73. The molecule has 0 fully saturated rings. The highest BCUT2D eigenvalue weighted by atomic mass is 19.1. The fourth-order valence-electron chi connectivity index (χ4n) is 2.91. The summed E-state index contributed by atoms with van der Waals surface area (Å²) in [6.07, 6.45) is 3.25. The maximum atomic E-state index is 14.4. The van der Waals surface area contributed by atoms with Gasteiger partial charge in [-0.2, -0.15) is 10.4 Å². The predicted octanol–water partition coefficient (Wildman–Crippen LogP) is 2.63. The second-order valence-electron chi connectivity index (χ2n) is 6.46. The van der Waals surface area contributed by atoms with E-state index in [9.17, 15) is 9.18 Å². The number of amides is 1. The standard InChI is InChI=1S/C20H18FN7O/c1-12(8-15-6-7-26-28(15)20(23)24)16-9-14(3-4-17(16)21)27-19(29)18-5-2-13(10-22)11-25-18/h2-7,9,11-12H,8H2,1H3,(H3,23,24)(H,27,29)/t12-/m1/s1. The van der Waals surface area contributed by atoms with Crippen molar-refractivity contribution in [2.75, 3.05) is 5.32 Å². The van der Waals surface area contributed by atoms with Crippen LogP contribution in [0.3, 0.4) is 0 Å². The van der Waals surface area contributed by atoms with Crippen LogP contribution in [0.4, 0.5) is 10.1 Å². The van der Waals surface area contributed by atoms with Gasteiger partial charge < -0.3 is 11.1 Å². The lowest BCUT2D eigenvalue weighted by molar-refractivity contribution is 0.102. The Morgan fingerprint density at radius 1 is 1.38 bits per heavy atom. The number of nitrogen functional groups attached to an aromatic ring is 1. The number of anilines is 1. The molecule has 0 aliphatic rings. The van der Waals surface area contributed by atoms with E-state index in [4.69, 9.17) is 16.4 Å². The number of nitriles is 1. The molecule has 3 rings (SSSR count). The van der Waals surface area contributed by atoms with E-state index < -0.39 is 11.7 Å². The van der Waals surface area contributed by atoms with Crippen molar-refractivity contribution >= 4 is 17.6 Å². The average Bonchev–Trinajstić information content (AvgIpc) is 3.17. The van der Waals surface area contributed by atoms with Crippen molar-refractivity contribution in [2.24, 2.45) is 5.73 Å². The Hall–Kier alpha value is -4.06. The Kier molecular flexibility index (Phi) is 5.64. The van der Waals surface area contributed by atoms with Crippen LogP contribution in [0.25, 0.3) is 0 Å². The monoisotopic (exact) mass is 391 g/mol. The quantitative estimate of drug-likeness (QED) is 0.454. The van der Waals surface area contributed by atoms with Crippen LogP contribution in [0.1, 0.15) is 40.2 Å². The summed E-state index contributed by atoms with van der Waals surface area (Å²) in [6.45, 7) is 1.84. The second-order valence-corrected chi connectivity index (χ2v) is 6.46. The van der Waals surface area contributed by atoms with Gasteiger partial charge in [0, 0.05) is 23.8 Å². The molecule has 2 aromatic heterocycles. The smallest absolute Gasteiger partial charge is 0.274 e. The van der Waals surface area contributed by atoms with E-state index in [2.05, 4.69) is 15.4 Å². The minimum Gasteiger partial charge on any atom is -0.368 e. The fourth-order valence-corrected chi connectivity index (χ4v) is 2.91. The first-order chi connectivity index (χ1) is 13.9. The number of carbonyl (C=O) groups is 1. The molecule has 29 heavy (non-hydrogen) atoms. The van der Waals surface area contributed by atoms with Crippen LogP contribution in [0.2, 0.25) is 0 Å². The van der Waals surface area contributed by atoms with Crippen LogP contribution in [-0.2, 0) is 6.42 Å². The molecule has 3 aromatic rings. The molecule has 0 radical (unpaired) electrons. The first kappa shape index (κ1) is 19.7. The van der Waals surface area contributed by atoms with E-state index in [1.807, 2.05) is 13.0 Å². The Labute approximate surface area is 166 Å². The van der Waals surface area contributed by atoms with Gasteiger partial charge in [-0.1, -0.05) is 6.92 Å². The number of nitrogens with two attached hydrogens (primary N) is 1. The number of carbonyl (C=O) groups excluding carboxylic acids is 1. The molecule has 1 atom stereocenters. The van der Waals surface area contributed by atoms with E-state index in [0.29, 0.717) is 28.9 Å². The molecular weight excluding hydrogens is 373 g/mol. The molecule has 0 saturated heterocycles. The third-order valence-electron chi connectivity index (χ3n) is 4.37. The SMILES string of the molecule is C[C@H](Cc1ccnn1C(=N)N)c1cc(NC(=O)c2ccc(C#N)cn2)ccc1F. The summed E-state index contributed by atoms with van der Waals surface area (Å²) in [6, 6.07) is 10.9. The molecule has 0 aliphatic carbocycles. The highest BCUT2D eigenvalue weighted by Gasteiger charge is 2.17. The zero-order valence-electron chi connectivity index (χ0n) is 15.6. The number of pyridine rings is 1. The summed E-state index contributed by atoms with van der Waals surface area (Å²) >= 11 is 0. The second kappa shape index (κ2) is 8.31. The summed E-state index contributed by atoms with van der Waals surface area (Å²) < 4.78 is 15.7. The lowest BCUT2D eigenvalue weighted by atomic mass is 9.95. The predicted molar refractivity (Wildman–Crippen MR) is 105 cm³/mol. The number of nitrogens with one attached hydrogen (secondary N) is 2. The van der Waals surface area contributed by atoms with Crippen LogP contribution in [-0.4, -0.2) is 26.6 Å². The van der Waals surface area contributed by atoms with Gasteiger partial charge in [-0.3, -0.25) is 10.2 Å². The average molecular weight is 391 g/mol. The van der Waals surface area contributed by atoms with Gasteiger partial charge in [0.05, 0.1) is 5.56 Å². The molecule has 9 heteroatoms. The van der Waals surface area contributed by atoms with Crippen molar-refractivity contribution in [1.29, 1.82) is 10.7 Å². The maximum absolute atomic E-state index is 14.4. The number of rotatable bonds is 5. The van der Waals surface area contributed by atoms with Crippen LogP contribution in [0.5, 0.6) is 0 Å². The molecular formula is C20H18FN7O. The van der Waals surface area contributed by atoms with E-state index >= 15 is 0 Å². The van der Waals surface area contributed by atoms with Crippen molar-refractivity contribution in [2.45, 2.75) is 19.3 Å². The highest BCUT2D eigenvalue weighted by Crippen LogP contribution is 2.26. The highest BCUT2D eigenvalue weighted by molar-refractivity contribution is 6.02. The summed E-state index contributed by atoms with van der Waals surface area (Å²) in [5, 5.41) is 23.0. The van der Waals surface area contributed by atoms with Gasteiger partial charge in [-0.15, -0.1) is 0 Å². The van der Waals surface area contributed by atoms with Crippen LogP contribution >= 0.6 is 0 Å². The third kappa shape index (κ3) is 4.44. The summed E-state index contributed by atoms with van der Waals surface area (Å²) in [7, 11) is 0. The number of benzene rings is 1. The van der Waals surface area contributed by atoms with Crippen molar-refractivity contribution in [3.63, 3.8) is 0 Å². The van der Waals surface area contributed by atoms with Crippen LogP contribution in [0.15, 0.2) is 48.8 Å². The number of hydrogen-bond donors (Lipinski definition) is 3. The zero-order chi connectivity index (χ0) is 21.0. The van der Waals surface area contributed by atoms with Crippen molar-refractivity contribution in [3.05, 3.63) is 77.1 Å². The molecule has 0 saturated carbocycles. The molecule has 2 heterocycles. The molecule has 0 aliphatic heterocycles. The zero-order valence-corrected chi connectivity index (χ0v) is 15.6. The van der Waals surface area contributed by atoms with Crippen LogP contribution < -0.4 is 11.1 Å². The molecule has 4 N–H and O–H groups in total. The van der Waals surface area contributed by atoms with Gasteiger partial charge in [0.1, 0.15) is 17.6 Å². The Bertz CT molecular complexity index is 1100. The third-order valence-corrected chi connectivity index (χ3v) is 4.37. The fraction of sp³-hybridized carbons (Fsp3) is 0.150. The van der Waals surface area contributed by atoms with E-state index in [0.717, 1.165) is 0 Å². The van der Waals surface area contributed by atoms with E-state index in [1.165, 1.54) is 41.3 Å². The van der Waals surface area contributed by atoms with Crippen LogP contribution in [0, 0.1) is 22.6 Å². The Morgan fingerprint density at radius 2 is 2.17 bits per heavy atom. The molecule has 0 unspecified atom stereocenters. The van der Waals surface area contributed by atoms with Gasteiger partial charge in [0.25, 0.3) is 5.91 Å². The molecule has 1 amide bonds. The lowest BCUT2D eigenvalue weighted by Gasteiger charge is -2.15. The van der Waals surface area contributed by atoms with Gasteiger partial charge in [-0.25, -0.2) is 14.1 Å². The molecule has 146 valence electrons. The normalized spacial score (nSPS) is 11.5. The minimum absolute atomic E-state index is 0.147. The van der Waals surface area contributed by atoms with E-state index in [-0.39, 0.29) is 17.6 Å². The largest absolute Gasteiger partial charge is 0.368 e. The summed E-state index contributed by atoms with van der Waals surface area (Å²) in [4.78, 5) is 16.3. The molecule has 1 aromatic carbocycles. The summed E-state index contributed by atoms with van der Waals surface area (Å²) in [5.41, 5.74) is 7.50. The van der Waals surface area contributed by atoms with Gasteiger partial charge >= 0.3 is 0 Å². The maximum Gasteiger partial charge on any atom is 0.274 e. The van der Waals surface area contributed by atoms with E-state index in [1.54, 1.807) is 12.1 Å². The van der Waals surface area contributed by atoms with Crippen molar-refractivity contribution < 1.29 is 9.18 Å². The minimum atomic E-state index is -0.464. The number of halogens is 1. The van der Waals surface area contributed by atoms with Crippen molar-refractivity contribution in [3.8, 4) is 6.07 Å². The number of nitrogens with zero attached hydrogens (tertiary/aromatic N) is 4. The van der Waals surface area contributed by atoms with Gasteiger partial charge in [-0.05, 0) is 54.3 Å². The Balaban J connectivity index is 1.78. The van der Waals surface area contributed by atoms with Gasteiger partial charge in [0.15, 0.2) is 0 Å².